The molecule has 0 spiro atoms. The molecule has 0 radical (unpaired) electrons. The molecule has 3 N–H and O–H groups in total. The normalized spacial score (nSPS) is 14.1. The molecule has 0 amide bonds. The van der Waals surface area contributed by atoms with E-state index in [4.69, 9.17) is 10.1 Å². The Bertz CT molecular complexity index is 1240. The van der Waals surface area contributed by atoms with Crippen molar-refractivity contribution in [3.05, 3.63) is 83.1 Å². The number of halogens is 1. The van der Waals surface area contributed by atoms with Crippen molar-refractivity contribution in [2.45, 2.75) is 32.8 Å². The quantitative estimate of drug-likeness (QED) is 0.347. The lowest BCUT2D eigenvalue weighted by Crippen LogP contribution is -2.17. The van der Waals surface area contributed by atoms with E-state index in [1.807, 2.05) is 44.2 Å². The van der Waals surface area contributed by atoms with Crippen LogP contribution in [0, 0.1) is 12.7 Å². The van der Waals surface area contributed by atoms with Crippen molar-refractivity contribution in [2.24, 2.45) is 0 Å². The first-order chi connectivity index (χ1) is 16.1. The average molecular weight is 483 g/mol. The largest absolute Gasteiger partial charge is 0.481 e. The van der Waals surface area contributed by atoms with E-state index in [9.17, 15) is 23.7 Å². The summed E-state index contributed by atoms with van der Waals surface area (Å²) in [6, 6.07) is 15.7. The molecule has 34 heavy (non-hydrogen) atoms. The summed E-state index contributed by atoms with van der Waals surface area (Å²) in [5.74, 6) is -0.512. The van der Waals surface area contributed by atoms with Crippen LogP contribution in [-0.4, -0.2) is 38.3 Å². The number of aryl methyl sites for hydroxylation is 1. The molecule has 2 aromatic carbocycles. The molecular formula is C26H27FNO5P. The molecule has 8 heteroatoms. The summed E-state index contributed by atoms with van der Waals surface area (Å²) in [5, 5.41) is 18.6. The minimum Gasteiger partial charge on any atom is -0.481 e. The number of benzene rings is 2. The molecule has 1 aromatic heterocycles. The Kier molecular flexibility index (Phi) is 8.15. The van der Waals surface area contributed by atoms with Crippen molar-refractivity contribution in [1.82, 2.24) is 4.98 Å². The average Bonchev–Trinajstić information content (AvgIpc) is 2.78. The molecule has 3 aromatic rings. The maximum absolute atomic E-state index is 13.6. The highest BCUT2D eigenvalue weighted by Crippen LogP contribution is 2.45. The van der Waals surface area contributed by atoms with E-state index in [1.54, 1.807) is 12.1 Å². The van der Waals surface area contributed by atoms with Crippen LogP contribution in [-0.2, 0) is 15.8 Å². The van der Waals surface area contributed by atoms with Crippen molar-refractivity contribution in [3.8, 4) is 22.4 Å². The van der Waals surface area contributed by atoms with E-state index in [1.165, 1.54) is 18.2 Å². The van der Waals surface area contributed by atoms with Gasteiger partial charge in [-0.05, 0) is 48.2 Å². The Labute approximate surface area is 197 Å². The first-order valence-electron chi connectivity index (χ1n) is 10.9. The van der Waals surface area contributed by atoms with Gasteiger partial charge in [0.25, 0.3) is 0 Å². The van der Waals surface area contributed by atoms with Gasteiger partial charge < -0.3 is 15.1 Å². The van der Waals surface area contributed by atoms with E-state index in [2.05, 4.69) is 0 Å². The van der Waals surface area contributed by atoms with E-state index in [0.717, 1.165) is 33.8 Å². The van der Waals surface area contributed by atoms with Gasteiger partial charge in [-0.15, -0.1) is 0 Å². The van der Waals surface area contributed by atoms with Crippen LogP contribution >= 0.6 is 7.37 Å². The second kappa shape index (κ2) is 10.9. The van der Waals surface area contributed by atoms with Crippen LogP contribution in [0.2, 0.25) is 0 Å². The van der Waals surface area contributed by atoms with Crippen LogP contribution in [0.3, 0.4) is 0 Å². The monoisotopic (exact) mass is 483 g/mol. The highest BCUT2D eigenvalue weighted by Gasteiger charge is 2.23. The van der Waals surface area contributed by atoms with Gasteiger partial charge in [-0.25, -0.2) is 4.39 Å². The van der Waals surface area contributed by atoms with Gasteiger partial charge >= 0.3 is 5.97 Å². The highest BCUT2D eigenvalue weighted by atomic mass is 31.2. The van der Waals surface area contributed by atoms with E-state index in [0.29, 0.717) is 17.7 Å². The first-order valence-corrected chi connectivity index (χ1v) is 12.8. The highest BCUT2D eigenvalue weighted by molar-refractivity contribution is 7.61. The number of aromatic nitrogens is 1. The van der Waals surface area contributed by atoms with Gasteiger partial charge in [-0.2, -0.15) is 0 Å². The smallest absolute Gasteiger partial charge is 0.305 e. The summed E-state index contributed by atoms with van der Waals surface area (Å²) in [6.07, 6.45) is -0.601. The number of carboxylic acid groups (broad SMARTS) is 1. The molecule has 0 fully saturated rings. The molecule has 178 valence electrons. The summed E-state index contributed by atoms with van der Waals surface area (Å²) in [5.41, 5.74) is 5.29. The van der Waals surface area contributed by atoms with Crippen LogP contribution in [0.4, 0.5) is 4.39 Å². The number of nitrogens with zero attached hydrogens (tertiary/aromatic N) is 1. The number of rotatable bonds is 9. The van der Waals surface area contributed by atoms with Gasteiger partial charge in [0.15, 0.2) is 0 Å². The summed E-state index contributed by atoms with van der Waals surface area (Å²) in [4.78, 5) is 26.0. The van der Waals surface area contributed by atoms with Crippen LogP contribution in [0.5, 0.6) is 0 Å². The Morgan fingerprint density at radius 2 is 1.76 bits per heavy atom. The molecule has 0 aliphatic carbocycles. The number of aliphatic hydroxyl groups is 1. The number of carboxylic acids is 1. The third-order valence-electron chi connectivity index (χ3n) is 5.43. The Morgan fingerprint density at radius 1 is 1.12 bits per heavy atom. The molecule has 0 aliphatic heterocycles. The van der Waals surface area contributed by atoms with Crippen molar-refractivity contribution >= 4 is 19.4 Å². The summed E-state index contributed by atoms with van der Waals surface area (Å²) >= 11 is 0. The van der Waals surface area contributed by atoms with Crippen LogP contribution in [0.25, 0.3) is 28.5 Å². The fourth-order valence-corrected chi connectivity index (χ4v) is 5.12. The lowest BCUT2D eigenvalue weighted by molar-refractivity contribution is -0.138. The topological polar surface area (TPSA) is 108 Å². The molecule has 2 atom stereocenters. The Balaban J connectivity index is 2.16. The number of aliphatic hydroxyl groups excluding tert-OH is 1. The Hall–Kier alpha value is -3.12. The SMILES string of the molecule is CCc1nc(-c2ccccc2)c(C)c(-c2ccc(F)cc2)c1C=CP(=O)(O)C[C@@H](O)CC(=O)O. The molecule has 0 saturated carbocycles. The van der Waals surface area contributed by atoms with E-state index < -0.39 is 32.0 Å². The van der Waals surface area contributed by atoms with Crippen LogP contribution in [0.15, 0.2) is 60.4 Å². The van der Waals surface area contributed by atoms with Gasteiger partial charge in [0.05, 0.1) is 24.4 Å². The molecular weight excluding hydrogens is 456 g/mol. The fourth-order valence-electron chi connectivity index (χ4n) is 3.88. The predicted molar refractivity (Wildman–Crippen MR) is 131 cm³/mol. The Morgan fingerprint density at radius 3 is 2.35 bits per heavy atom. The van der Waals surface area contributed by atoms with E-state index >= 15 is 0 Å². The van der Waals surface area contributed by atoms with Gasteiger partial charge in [-0.1, -0.05) is 49.4 Å². The minimum absolute atomic E-state index is 0.376. The standard InChI is InChI=1S/C26H27FNO5P/c1-3-23-22(13-14-34(32,33)16-21(29)15-24(30)31)25(18-9-11-20(27)12-10-18)17(2)26(28-23)19-7-5-4-6-8-19/h4-14,21,29H,3,15-16H2,1-2H3,(H,30,31)(H,32,33)/t21-/m0/s1. The molecule has 1 heterocycles. The first kappa shape index (κ1) is 25.5. The second-order valence-electron chi connectivity index (χ2n) is 8.05. The number of hydrogen-bond donors (Lipinski definition) is 3. The van der Waals surface area contributed by atoms with Gasteiger partial charge in [0, 0.05) is 22.6 Å². The van der Waals surface area contributed by atoms with Gasteiger partial charge in [-0.3, -0.25) is 14.3 Å². The molecule has 3 rings (SSSR count). The minimum atomic E-state index is -3.99. The summed E-state index contributed by atoms with van der Waals surface area (Å²) < 4.78 is 26.3. The van der Waals surface area contributed by atoms with Crippen molar-refractivity contribution in [3.63, 3.8) is 0 Å². The van der Waals surface area contributed by atoms with Crippen LogP contribution < -0.4 is 0 Å². The molecule has 1 unspecified atom stereocenters. The maximum atomic E-state index is 13.6. The van der Waals surface area contributed by atoms with Gasteiger partial charge in [0.1, 0.15) is 5.82 Å². The van der Waals surface area contributed by atoms with Crippen LogP contribution in [0.1, 0.15) is 30.2 Å². The third kappa shape index (κ3) is 6.26. The zero-order chi connectivity index (χ0) is 24.9. The zero-order valence-corrected chi connectivity index (χ0v) is 19.9. The maximum Gasteiger partial charge on any atom is 0.305 e. The van der Waals surface area contributed by atoms with Gasteiger partial charge in [0.2, 0.25) is 7.37 Å². The number of carbonyl (C=O) groups is 1. The number of hydrogen-bond acceptors (Lipinski definition) is 4. The van der Waals surface area contributed by atoms with Crippen molar-refractivity contribution in [2.75, 3.05) is 6.16 Å². The fraction of sp³-hybridized carbons (Fsp3) is 0.231. The molecule has 0 saturated heterocycles. The molecule has 6 nitrogen and oxygen atoms in total. The molecule has 0 aliphatic rings. The predicted octanol–water partition coefficient (Wildman–Crippen LogP) is 5.50. The zero-order valence-electron chi connectivity index (χ0n) is 19.0. The number of aliphatic carboxylic acids is 1. The third-order valence-corrected chi connectivity index (χ3v) is 6.99. The second-order valence-corrected chi connectivity index (χ2v) is 10.2. The molecule has 0 bridgehead atoms. The van der Waals surface area contributed by atoms with Crippen molar-refractivity contribution < 1.29 is 28.9 Å². The van der Waals surface area contributed by atoms with Crippen molar-refractivity contribution in [1.29, 1.82) is 0 Å². The number of pyridine rings is 1. The van der Waals surface area contributed by atoms with E-state index in [-0.39, 0.29) is 5.82 Å². The summed E-state index contributed by atoms with van der Waals surface area (Å²) in [7, 11) is -3.99. The lowest BCUT2D eigenvalue weighted by atomic mass is 9.90. The lowest BCUT2D eigenvalue weighted by Gasteiger charge is -2.19. The summed E-state index contributed by atoms with van der Waals surface area (Å²) in [6.45, 7) is 3.83.